The van der Waals surface area contributed by atoms with E-state index >= 15 is 0 Å². The van der Waals surface area contributed by atoms with Crippen molar-refractivity contribution in [2.45, 2.75) is 18.6 Å². The van der Waals surface area contributed by atoms with Gasteiger partial charge < -0.3 is 14.8 Å². The number of halogens is 5. The van der Waals surface area contributed by atoms with E-state index in [-0.39, 0.29) is 30.0 Å². The molecule has 1 atom stereocenters. The summed E-state index contributed by atoms with van der Waals surface area (Å²) in [5.74, 6) is -0.188. The molecule has 0 radical (unpaired) electrons. The van der Waals surface area contributed by atoms with Gasteiger partial charge in [0.15, 0.2) is 0 Å². The van der Waals surface area contributed by atoms with Crippen LogP contribution in [0.15, 0.2) is 95.5 Å². The maximum atomic E-state index is 14.1. The van der Waals surface area contributed by atoms with E-state index in [4.69, 9.17) is 0 Å². The van der Waals surface area contributed by atoms with Crippen molar-refractivity contribution in [1.82, 2.24) is 14.8 Å². The van der Waals surface area contributed by atoms with Crippen LogP contribution >= 0.6 is 28.3 Å². The summed E-state index contributed by atoms with van der Waals surface area (Å²) in [5.41, 5.74) is 2.06. The highest BCUT2D eigenvalue weighted by atomic mass is 79.9. The van der Waals surface area contributed by atoms with Crippen LogP contribution in [-0.4, -0.2) is 36.0 Å². The third-order valence-electron chi connectivity index (χ3n) is 6.21. The molecular weight excluding hydrogens is 579 g/mol. The van der Waals surface area contributed by atoms with Crippen molar-refractivity contribution in [3.63, 3.8) is 0 Å². The van der Waals surface area contributed by atoms with Gasteiger partial charge in [0.1, 0.15) is 0 Å². The molecule has 3 aromatic carbocycles. The molecule has 9 heteroatoms. The van der Waals surface area contributed by atoms with E-state index < -0.39 is 11.7 Å². The van der Waals surface area contributed by atoms with Crippen LogP contribution in [0.4, 0.5) is 13.2 Å². The zero-order valence-corrected chi connectivity index (χ0v) is 23.3. The average Bonchev–Trinajstić information content (AvgIpc) is 3.31. The zero-order chi connectivity index (χ0) is 26.6. The summed E-state index contributed by atoms with van der Waals surface area (Å²) in [4.78, 5) is 14.5. The molecule has 0 spiro atoms. The number of nitrogens with one attached hydrogen (secondary N) is 1. The molecule has 1 heterocycles. The number of carbonyl (C=O) groups is 1. The van der Waals surface area contributed by atoms with Crippen LogP contribution in [0.2, 0.25) is 0 Å². The lowest BCUT2D eigenvalue weighted by molar-refractivity contribution is -0.137. The Hall–Kier alpha value is -3.07. The Labute approximate surface area is 235 Å². The molecular formula is C29H28BrClF3N3O. The Morgan fingerprint density at radius 1 is 0.921 bits per heavy atom. The van der Waals surface area contributed by atoms with Gasteiger partial charge in [-0.05, 0) is 74.6 Å². The van der Waals surface area contributed by atoms with Gasteiger partial charge in [0.2, 0.25) is 0 Å². The van der Waals surface area contributed by atoms with E-state index in [1.54, 1.807) is 34.9 Å². The predicted molar refractivity (Wildman–Crippen MR) is 151 cm³/mol. The van der Waals surface area contributed by atoms with Crippen LogP contribution in [0.25, 0.3) is 16.9 Å². The molecule has 4 rings (SSSR count). The molecule has 0 aliphatic heterocycles. The molecule has 1 unspecified atom stereocenters. The SMILES string of the molecule is CN(C)C(CCNC(=O)c1ccccc1)c1ccc(-c2ccc(Br)cc2)n1-c1ccccc1C(F)(F)F.Cl. The van der Waals surface area contributed by atoms with Gasteiger partial charge in [0, 0.05) is 22.3 Å². The third kappa shape index (κ3) is 6.67. The number of nitrogens with zero attached hydrogens (tertiary/aromatic N) is 2. The Bertz CT molecular complexity index is 1360. The average molecular weight is 607 g/mol. The minimum atomic E-state index is -4.52. The second kappa shape index (κ2) is 12.7. The number of hydrogen-bond donors (Lipinski definition) is 1. The molecule has 0 aliphatic rings. The van der Waals surface area contributed by atoms with Crippen molar-refractivity contribution >= 4 is 34.2 Å². The third-order valence-corrected chi connectivity index (χ3v) is 6.73. The van der Waals surface area contributed by atoms with E-state index in [0.717, 1.165) is 16.1 Å². The number of para-hydroxylation sites is 1. The van der Waals surface area contributed by atoms with Gasteiger partial charge in [0.05, 0.1) is 23.0 Å². The minimum absolute atomic E-state index is 0. The van der Waals surface area contributed by atoms with Gasteiger partial charge in [-0.2, -0.15) is 13.2 Å². The second-order valence-corrected chi connectivity index (χ2v) is 9.81. The van der Waals surface area contributed by atoms with Crippen molar-refractivity contribution in [3.8, 4) is 16.9 Å². The number of alkyl halides is 3. The minimum Gasteiger partial charge on any atom is -0.352 e. The molecule has 0 saturated heterocycles. The Balaban J connectivity index is 0.00000400. The molecule has 1 aromatic heterocycles. The van der Waals surface area contributed by atoms with Crippen molar-refractivity contribution in [1.29, 1.82) is 0 Å². The van der Waals surface area contributed by atoms with Crippen LogP contribution in [0.3, 0.4) is 0 Å². The smallest absolute Gasteiger partial charge is 0.352 e. The van der Waals surface area contributed by atoms with Crippen molar-refractivity contribution in [2.24, 2.45) is 0 Å². The monoisotopic (exact) mass is 605 g/mol. The van der Waals surface area contributed by atoms with E-state index in [2.05, 4.69) is 21.2 Å². The fraction of sp³-hybridized carbons (Fsp3) is 0.207. The van der Waals surface area contributed by atoms with Crippen LogP contribution in [-0.2, 0) is 6.18 Å². The summed E-state index contributed by atoms with van der Waals surface area (Å²) in [6.45, 7) is 0.357. The fourth-order valence-electron chi connectivity index (χ4n) is 4.42. The summed E-state index contributed by atoms with van der Waals surface area (Å²) in [6, 6.07) is 25.5. The first-order valence-corrected chi connectivity index (χ1v) is 12.6. The molecule has 0 aliphatic carbocycles. The summed E-state index contributed by atoms with van der Waals surface area (Å²) >= 11 is 3.43. The summed E-state index contributed by atoms with van der Waals surface area (Å²) < 4.78 is 44.9. The number of hydrogen-bond acceptors (Lipinski definition) is 2. The molecule has 1 N–H and O–H groups in total. The highest BCUT2D eigenvalue weighted by Gasteiger charge is 2.35. The molecule has 200 valence electrons. The number of carbonyl (C=O) groups excluding carboxylic acids is 1. The molecule has 0 saturated carbocycles. The predicted octanol–water partition coefficient (Wildman–Crippen LogP) is 7.77. The lowest BCUT2D eigenvalue weighted by Gasteiger charge is -2.28. The molecule has 4 aromatic rings. The second-order valence-electron chi connectivity index (χ2n) is 8.89. The Kier molecular flexibility index (Phi) is 9.82. The molecule has 38 heavy (non-hydrogen) atoms. The van der Waals surface area contributed by atoms with Crippen LogP contribution in [0.5, 0.6) is 0 Å². The maximum Gasteiger partial charge on any atom is 0.418 e. The normalized spacial score (nSPS) is 12.2. The zero-order valence-electron chi connectivity index (χ0n) is 20.9. The fourth-order valence-corrected chi connectivity index (χ4v) is 4.68. The van der Waals surface area contributed by atoms with Crippen LogP contribution in [0, 0.1) is 0 Å². The van der Waals surface area contributed by atoms with Crippen LogP contribution in [0.1, 0.15) is 34.1 Å². The van der Waals surface area contributed by atoms with Gasteiger partial charge in [0.25, 0.3) is 5.91 Å². The number of rotatable bonds is 8. The van der Waals surface area contributed by atoms with Crippen LogP contribution < -0.4 is 5.32 Å². The Morgan fingerprint density at radius 3 is 2.18 bits per heavy atom. The topological polar surface area (TPSA) is 37.3 Å². The first-order chi connectivity index (χ1) is 17.7. The van der Waals surface area contributed by atoms with Gasteiger partial charge in [-0.25, -0.2) is 0 Å². The molecule has 1 amide bonds. The number of benzene rings is 3. The van der Waals surface area contributed by atoms with Gasteiger partial charge >= 0.3 is 6.18 Å². The Morgan fingerprint density at radius 2 is 1.55 bits per heavy atom. The summed E-state index contributed by atoms with van der Waals surface area (Å²) in [5, 5.41) is 2.93. The van der Waals surface area contributed by atoms with Gasteiger partial charge in [-0.3, -0.25) is 4.79 Å². The van der Waals surface area contributed by atoms with Crippen molar-refractivity contribution in [3.05, 3.63) is 112 Å². The first kappa shape index (κ1) is 29.5. The van der Waals surface area contributed by atoms with E-state index in [1.165, 1.54) is 12.1 Å². The highest BCUT2D eigenvalue weighted by Crippen LogP contribution is 2.39. The summed E-state index contributed by atoms with van der Waals surface area (Å²) in [7, 11) is 3.77. The lowest BCUT2D eigenvalue weighted by atomic mass is 10.1. The maximum absolute atomic E-state index is 14.1. The molecule has 4 nitrogen and oxygen atoms in total. The van der Waals surface area contributed by atoms with E-state index in [9.17, 15) is 18.0 Å². The lowest BCUT2D eigenvalue weighted by Crippen LogP contribution is -2.30. The largest absolute Gasteiger partial charge is 0.418 e. The van der Waals surface area contributed by atoms with E-state index in [0.29, 0.717) is 29.9 Å². The first-order valence-electron chi connectivity index (χ1n) is 11.8. The quantitative estimate of drug-likeness (QED) is 0.223. The number of aromatic nitrogens is 1. The van der Waals surface area contributed by atoms with Crippen molar-refractivity contribution < 1.29 is 18.0 Å². The standard InChI is InChI=1S/C29H27BrF3N3O.ClH/c1-35(2)26(18-19-34-28(37)21-8-4-3-5-9-21)27-17-16-24(20-12-14-22(30)15-13-20)36(27)25-11-7-6-10-23(25)29(31,32)33;/h3-17,26H,18-19H2,1-2H3,(H,34,37);1H. The number of amides is 1. The molecule has 0 bridgehead atoms. The highest BCUT2D eigenvalue weighted by molar-refractivity contribution is 9.10. The summed E-state index contributed by atoms with van der Waals surface area (Å²) in [6.07, 6.45) is -4.02. The van der Waals surface area contributed by atoms with Gasteiger partial charge in [-0.1, -0.05) is 58.4 Å². The van der Waals surface area contributed by atoms with Crippen molar-refractivity contribution in [2.75, 3.05) is 20.6 Å². The van der Waals surface area contributed by atoms with E-state index in [1.807, 2.05) is 61.5 Å². The van der Waals surface area contributed by atoms with Gasteiger partial charge in [-0.15, -0.1) is 12.4 Å². The molecule has 0 fully saturated rings.